The van der Waals surface area contributed by atoms with Crippen LogP contribution < -0.4 is 0 Å². The van der Waals surface area contributed by atoms with Crippen LogP contribution in [0, 0.1) is 46.3 Å². The third-order valence-corrected chi connectivity index (χ3v) is 11.4. The zero-order chi connectivity index (χ0) is 21.9. The first kappa shape index (κ1) is 22.5. The lowest BCUT2D eigenvalue weighted by molar-refractivity contribution is -0.195. The first-order valence-electron chi connectivity index (χ1n) is 13.8. The van der Waals surface area contributed by atoms with E-state index in [0.717, 1.165) is 49.2 Å². The lowest BCUT2D eigenvalue weighted by Crippen LogP contribution is -2.50. The Labute approximate surface area is 191 Å². The van der Waals surface area contributed by atoms with Crippen LogP contribution in [0.25, 0.3) is 0 Å². The number of hydrogen-bond acceptors (Lipinski definition) is 2. The molecular formula is C29H48O2. The minimum Gasteiger partial charge on any atom is -0.347 e. The Balaban J connectivity index is 1.30. The van der Waals surface area contributed by atoms with Crippen LogP contribution in [0.1, 0.15) is 105 Å². The zero-order valence-electron chi connectivity index (χ0n) is 21.1. The van der Waals surface area contributed by atoms with Gasteiger partial charge >= 0.3 is 0 Å². The van der Waals surface area contributed by atoms with Crippen molar-refractivity contribution in [1.82, 2.24) is 0 Å². The van der Waals surface area contributed by atoms with Gasteiger partial charge in [0.1, 0.15) is 0 Å². The summed E-state index contributed by atoms with van der Waals surface area (Å²) in [6.45, 7) is 14.0. The molecular weight excluding hydrogens is 380 g/mol. The third kappa shape index (κ3) is 3.49. The van der Waals surface area contributed by atoms with Gasteiger partial charge in [0, 0.05) is 12.3 Å². The van der Waals surface area contributed by atoms with Gasteiger partial charge in [0.05, 0.1) is 13.2 Å². The van der Waals surface area contributed by atoms with Gasteiger partial charge in [-0.15, -0.1) is 0 Å². The van der Waals surface area contributed by atoms with E-state index in [-0.39, 0.29) is 5.79 Å². The lowest BCUT2D eigenvalue weighted by Gasteiger charge is -2.58. The number of rotatable bonds is 5. The van der Waals surface area contributed by atoms with E-state index in [1.165, 1.54) is 64.2 Å². The van der Waals surface area contributed by atoms with Gasteiger partial charge in [-0.3, -0.25) is 0 Å². The molecule has 1 heterocycles. The molecule has 7 unspecified atom stereocenters. The fraction of sp³-hybridized carbons (Fsp3) is 0.931. The molecule has 3 saturated carbocycles. The molecule has 5 rings (SSSR count). The molecule has 2 heteroatoms. The Bertz CT molecular complexity index is 689. The summed E-state index contributed by atoms with van der Waals surface area (Å²) in [6.07, 6.45) is 18.1. The number of ether oxygens (including phenoxy) is 2. The average molecular weight is 429 g/mol. The Hall–Kier alpha value is -0.340. The summed E-state index contributed by atoms with van der Waals surface area (Å²) in [5.41, 5.74) is 2.94. The summed E-state index contributed by atoms with van der Waals surface area (Å²) < 4.78 is 12.3. The maximum Gasteiger partial charge on any atom is 0.170 e. The van der Waals surface area contributed by atoms with Gasteiger partial charge in [0.15, 0.2) is 5.79 Å². The van der Waals surface area contributed by atoms with Gasteiger partial charge in [-0.2, -0.15) is 0 Å². The van der Waals surface area contributed by atoms with E-state index >= 15 is 0 Å². The smallest absolute Gasteiger partial charge is 0.170 e. The van der Waals surface area contributed by atoms with Crippen LogP contribution in [-0.4, -0.2) is 19.0 Å². The van der Waals surface area contributed by atoms with Crippen molar-refractivity contribution in [3.8, 4) is 0 Å². The Kier molecular flexibility index (Phi) is 5.91. The van der Waals surface area contributed by atoms with Gasteiger partial charge in [0.25, 0.3) is 0 Å². The highest BCUT2D eigenvalue weighted by atomic mass is 16.7. The molecule has 4 aliphatic carbocycles. The molecule has 7 atom stereocenters. The number of allylic oxidation sites excluding steroid dienone is 2. The van der Waals surface area contributed by atoms with Crippen molar-refractivity contribution < 1.29 is 9.47 Å². The van der Waals surface area contributed by atoms with Gasteiger partial charge in [-0.25, -0.2) is 0 Å². The summed E-state index contributed by atoms with van der Waals surface area (Å²) in [5, 5.41) is 0. The lowest BCUT2D eigenvalue weighted by atomic mass is 9.47. The molecule has 2 nitrogen and oxygen atoms in total. The predicted molar refractivity (Wildman–Crippen MR) is 128 cm³/mol. The van der Waals surface area contributed by atoms with Gasteiger partial charge in [-0.05, 0) is 98.2 Å². The summed E-state index contributed by atoms with van der Waals surface area (Å²) in [5.74, 6) is 4.64. The minimum absolute atomic E-state index is 0.315. The number of fused-ring (bicyclic) bond motifs is 5. The molecule has 4 fully saturated rings. The van der Waals surface area contributed by atoms with Crippen molar-refractivity contribution in [1.29, 1.82) is 0 Å². The second-order valence-electron chi connectivity index (χ2n) is 12.9. The van der Waals surface area contributed by atoms with Gasteiger partial charge in [0.2, 0.25) is 0 Å². The van der Waals surface area contributed by atoms with Crippen LogP contribution in [-0.2, 0) is 9.47 Å². The van der Waals surface area contributed by atoms with Crippen molar-refractivity contribution in [2.45, 2.75) is 111 Å². The summed E-state index contributed by atoms with van der Waals surface area (Å²) in [4.78, 5) is 0. The van der Waals surface area contributed by atoms with Crippen LogP contribution in [0.15, 0.2) is 11.6 Å². The molecule has 5 aliphatic rings. The molecule has 176 valence electrons. The molecule has 0 amide bonds. The molecule has 1 saturated heterocycles. The van der Waals surface area contributed by atoms with Crippen molar-refractivity contribution >= 4 is 0 Å². The van der Waals surface area contributed by atoms with Crippen LogP contribution in [0.3, 0.4) is 0 Å². The van der Waals surface area contributed by atoms with Crippen LogP contribution in [0.4, 0.5) is 0 Å². The largest absolute Gasteiger partial charge is 0.347 e. The maximum absolute atomic E-state index is 6.15. The van der Waals surface area contributed by atoms with E-state index in [4.69, 9.17) is 9.47 Å². The second kappa shape index (κ2) is 8.15. The highest BCUT2D eigenvalue weighted by molar-refractivity contribution is 5.24. The summed E-state index contributed by atoms with van der Waals surface area (Å²) in [6, 6.07) is 0. The first-order valence-corrected chi connectivity index (χ1v) is 13.8. The predicted octanol–water partition coefficient (Wildman–Crippen LogP) is 7.77. The molecule has 0 aromatic heterocycles. The molecule has 0 radical (unpaired) electrons. The van der Waals surface area contributed by atoms with E-state index < -0.39 is 0 Å². The molecule has 0 N–H and O–H groups in total. The molecule has 31 heavy (non-hydrogen) atoms. The van der Waals surface area contributed by atoms with E-state index in [1.807, 2.05) is 5.57 Å². The fourth-order valence-corrected chi connectivity index (χ4v) is 9.54. The Morgan fingerprint density at radius 2 is 1.74 bits per heavy atom. The SMILES string of the molecule is CC(CCC1(C(C)C)OCCO1)C1CCC2C3CC=C4CCCCC4(C)C3CCC12C. The monoisotopic (exact) mass is 428 g/mol. The van der Waals surface area contributed by atoms with Gasteiger partial charge < -0.3 is 9.47 Å². The normalized spacial score (nSPS) is 45.0. The van der Waals surface area contributed by atoms with Gasteiger partial charge in [-0.1, -0.05) is 52.7 Å². The molecule has 0 aromatic carbocycles. The fourth-order valence-electron chi connectivity index (χ4n) is 9.54. The third-order valence-electron chi connectivity index (χ3n) is 11.4. The summed E-state index contributed by atoms with van der Waals surface area (Å²) in [7, 11) is 0. The van der Waals surface area contributed by atoms with E-state index in [1.54, 1.807) is 0 Å². The van der Waals surface area contributed by atoms with E-state index in [2.05, 4.69) is 40.7 Å². The van der Waals surface area contributed by atoms with Crippen LogP contribution >= 0.6 is 0 Å². The topological polar surface area (TPSA) is 18.5 Å². The van der Waals surface area contributed by atoms with Crippen molar-refractivity contribution in [3.63, 3.8) is 0 Å². The standard InChI is InChI=1S/C29H48O2/c1-20(2)29(30-18-19-31-29)17-13-21(3)24-11-12-25-23-10-9-22-8-6-7-15-27(22,4)26(23)14-16-28(24,25)5/h9,20-21,23-26H,6-8,10-19H2,1-5H3. The number of hydrogen-bond donors (Lipinski definition) is 0. The highest BCUT2D eigenvalue weighted by Gasteiger charge is 2.58. The maximum atomic E-state index is 6.15. The van der Waals surface area contributed by atoms with Crippen LogP contribution in [0.2, 0.25) is 0 Å². The first-order chi connectivity index (χ1) is 14.8. The minimum atomic E-state index is -0.315. The molecule has 1 aliphatic heterocycles. The van der Waals surface area contributed by atoms with E-state index in [0.29, 0.717) is 16.7 Å². The van der Waals surface area contributed by atoms with E-state index in [9.17, 15) is 0 Å². The second-order valence-corrected chi connectivity index (χ2v) is 12.9. The quantitative estimate of drug-likeness (QED) is 0.416. The Morgan fingerprint density at radius 3 is 2.48 bits per heavy atom. The van der Waals surface area contributed by atoms with Crippen molar-refractivity contribution in [2.75, 3.05) is 13.2 Å². The average Bonchev–Trinajstić information content (AvgIpc) is 3.36. The Morgan fingerprint density at radius 1 is 0.968 bits per heavy atom. The summed E-state index contributed by atoms with van der Waals surface area (Å²) >= 11 is 0. The van der Waals surface area contributed by atoms with Crippen molar-refractivity contribution in [3.05, 3.63) is 11.6 Å². The molecule has 0 bridgehead atoms. The molecule has 0 aromatic rings. The van der Waals surface area contributed by atoms with Crippen molar-refractivity contribution in [2.24, 2.45) is 46.3 Å². The highest BCUT2D eigenvalue weighted by Crippen LogP contribution is 2.67. The molecule has 0 spiro atoms. The zero-order valence-corrected chi connectivity index (χ0v) is 21.1. The van der Waals surface area contributed by atoms with Crippen LogP contribution in [0.5, 0.6) is 0 Å².